The van der Waals surface area contributed by atoms with Crippen LogP contribution in [-0.4, -0.2) is 43.4 Å². The predicted molar refractivity (Wildman–Crippen MR) is 59.9 cm³/mol. The predicted octanol–water partition coefficient (Wildman–Crippen LogP) is 1.23. The van der Waals surface area contributed by atoms with Gasteiger partial charge in [-0.15, -0.1) is 12.4 Å². The van der Waals surface area contributed by atoms with Crippen LogP contribution in [-0.2, 0) is 4.74 Å². The first kappa shape index (κ1) is 12.2. The Hall–Kier alpha value is 0.170. The summed E-state index contributed by atoms with van der Waals surface area (Å²) >= 11 is 0. The summed E-state index contributed by atoms with van der Waals surface area (Å²) in [6.45, 7) is 4.31. The lowest BCUT2D eigenvalue weighted by Crippen LogP contribution is -2.35. The van der Waals surface area contributed by atoms with E-state index in [2.05, 4.69) is 24.2 Å². The third kappa shape index (κ3) is 2.83. The number of likely N-dealkylation sites (tertiary alicyclic amines) is 1. The largest absolute Gasteiger partial charge is 0.362 e. The Morgan fingerprint density at radius 2 is 2.29 bits per heavy atom. The van der Waals surface area contributed by atoms with Gasteiger partial charge < -0.3 is 9.64 Å². The molecule has 2 rings (SSSR count). The zero-order chi connectivity index (χ0) is 9.26. The van der Waals surface area contributed by atoms with Crippen LogP contribution in [0.2, 0.25) is 0 Å². The molecule has 4 heteroatoms. The van der Waals surface area contributed by atoms with E-state index in [1.807, 2.05) is 0 Å². The highest BCUT2D eigenvalue weighted by atomic mass is 35.5. The Bertz CT molecular complexity index is 180. The van der Waals surface area contributed by atoms with E-state index in [4.69, 9.17) is 4.74 Å². The molecule has 0 aromatic rings. The molecule has 3 nitrogen and oxygen atoms in total. The van der Waals surface area contributed by atoms with Gasteiger partial charge in [0.1, 0.15) is 6.23 Å². The van der Waals surface area contributed by atoms with Crippen molar-refractivity contribution >= 4 is 12.4 Å². The molecule has 2 aliphatic heterocycles. The minimum Gasteiger partial charge on any atom is -0.362 e. The second-order valence-electron chi connectivity index (χ2n) is 4.40. The lowest BCUT2D eigenvalue weighted by Gasteiger charge is -2.22. The molecular formula is C10H21ClN2O. The smallest absolute Gasteiger partial charge is 0.109 e. The fraction of sp³-hybridized carbons (Fsp3) is 1.00. The molecule has 3 atom stereocenters. The van der Waals surface area contributed by atoms with Gasteiger partial charge in [0.05, 0.1) is 6.61 Å². The topological polar surface area (TPSA) is 24.5 Å². The number of halogens is 1. The normalized spacial score (nSPS) is 38.6. The van der Waals surface area contributed by atoms with Crippen molar-refractivity contribution < 1.29 is 4.74 Å². The second kappa shape index (κ2) is 5.31. The molecule has 0 amide bonds. The molecule has 84 valence electrons. The number of hydrogen-bond donors (Lipinski definition) is 1. The summed E-state index contributed by atoms with van der Waals surface area (Å²) in [6, 6.07) is 1.28. The van der Waals surface area contributed by atoms with E-state index in [1.54, 1.807) is 0 Å². The van der Waals surface area contributed by atoms with Crippen molar-refractivity contribution in [3.8, 4) is 0 Å². The third-order valence-corrected chi connectivity index (χ3v) is 3.18. The summed E-state index contributed by atoms with van der Waals surface area (Å²) in [4.78, 5) is 2.45. The molecule has 0 aromatic heterocycles. The summed E-state index contributed by atoms with van der Waals surface area (Å²) in [5.41, 5.74) is 0. The van der Waals surface area contributed by atoms with E-state index in [1.165, 1.54) is 19.4 Å². The molecule has 0 aromatic carbocycles. The third-order valence-electron chi connectivity index (χ3n) is 3.18. The van der Waals surface area contributed by atoms with Gasteiger partial charge in [0, 0.05) is 18.5 Å². The molecule has 0 radical (unpaired) electrons. The molecule has 0 aliphatic carbocycles. The molecule has 2 aliphatic rings. The van der Waals surface area contributed by atoms with E-state index in [0.29, 0.717) is 12.3 Å². The van der Waals surface area contributed by atoms with E-state index >= 15 is 0 Å². The number of hydrogen-bond acceptors (Lipinski definition) is 3. The Morgan fingerprint density at radius 3 is 2.79 bits per heavy atom. The molecular weight excluding hydrogens is 200 g/mol. The van der Waals surface area contributed by atoms with Crippen LogP contribution in [0.15, 0.2) is 0 Å². The first-order valence-corrected chi connectivity index (χ1v) is 5.33. The second-order valence-corrected chi connectivity index (χ2v) is 4.40. The van der Waals surface area contributed by atoms with Gasteiger partial charge in [0.25, 0.3) is 0 Å². The molecule has 2 saturated heterocycles. The van der Waals surface area contributed by atoms with Crippen LogP contribution in [0.1, 0.15) is 26.2 Å². The number of ether oxygens (including phenoxy) is 1. The molecule has 0 bridgehead atoms. The Balaban J connectivity index is 0.000000980. The maximum absolute atomic E-state index is 5.64. The fourth-order valence-corrected chi connectivity index (χ4v) is 2.33. The number of nitrogens with one attached hydrogen (secondary N) is 1. The van der Waals surface area contributed by atoms with Crippen molar-refractivity contribution in [1.29, 1.82) is 0 Å². The van der Waals surface area contributed by atoms with Crippen LogP contribution in [0.4, 0.5) is 0 Å². The summed E-state index contributed by atoms with van der Waals surface area (Å²) in [5.74, 6) is 0. The lowest BCUT2D eigenvalue weighted by atomic mass is 10.1. The molecule has 0 spiro atoms. The van der Waals surface area contributed by atoms with Gasteiger partial charge in [-0.2, -0.15) is 0 Å². The highest BCUT2D eigenvalue weighted by molar-refractivity contribution is 5.85. The van der Waals surface area contributed by atoms with Crippen molar-refractivity contribution in [1.82, 2.24) is 10.2 Å². The highest BCUT2D eigenvalue weighted by Crippen LogP contribution is 2.21. The Labute approximate surface area is 92.6 Å². The van der Waals surface area contributed by atoms with Crippen LogP contribution in [0.3, 0.4) is 0 Å². The minimum absolute atomic E-state index is 0. The molecule has 2 heterocycles. The zero-order valence-electron chi connectivity index (χ0n) is 9.03. The van der Waals surface area contributed by atoms with Gasteiger partial charge in [-0.05, 0) is 33.4 Å². The Morgan fingerprint density at radius 1 is 1.50 bits per heavy atom. The van der Waals surface area contributed by atoms with E-state index in [-0.39, 0.29) is 12.4 Å². The van der Waals surface area contributed by atoms with E-state index in [0.717, 1.165) is 19.1 Å². The zero-order valence-corrected chi connectivity index (χ0v) is 9.85. The quantitative estimate of drug-likeness (QED) is 0.758. The first-order valence-electron chi connectivity index (χ1n) is 5.33. The van der Waals surface area contributed by atoms with Gasteiger partial charge in [0.15, 0.2) is 0 Å². The van der Waals surface area contributed by atoms with Crippen molar-refractivity contribution in [2.45, 2.75) is 44.5 Å². The van der Waals surface area contributed by atoms with Crippen molar-refractivity contribution in [3.63, 3.8) is 0 Å². The van der Waals surface area contributed by atoms with Crippen molar-refractivity contribution in [3.05, 3.63) is 0 Å². The van der Waals surface area contributed by atoms with Crippen LogP contribution < -0.4 is 5.32 Å². The fourth-order valence-electron chi connectivity index (χ4n) is 2.33. The van der Waals surface area contributed by atoms with Crippen LogP contribution in [0.5, 0.6) is 0 Å². The van der Waals surface area contributed by atoms with Crippen LogP contribution in [0, 0.1) is 0 Å². The van der Waals surface area contributed by atoms with Crippen molar-refractivity contribution in [2.24, 2.45) is 0 Å². The SMILES string of the molecule is CC1COC(CC2CCCN2C)N1.Cl. The minimum atomic E-state index is 0. The average Bonchev–Trinajstić information content (AvgIpc) is 2.64. The number of rotatable bonds is 2. The molecule has 1 N–H and O–H groups in total. The summed E-state index contributed by atoms with van der Waals surface area (Å²) in [6.07, 6.45) is 4.15. The standard InChI is InChI=1S/C10H20N2O.ClH/c1-8-7-13-10(11-8)6-9-4-3-5-12(9)2;/h8-11H,3-7H2,1-2H3;1H. The van der Waals surface area contributed by atoms with E-state index < -0.39 is 0 Å². The van der Waals surface area contributed by atoms with Crippen LogP contribution >= 0.6 is 12.4 Å². The monoisotopic (exact) mass is 220 g/mol. The maximum atomic E-state index is 5.64. The van der Waals surface area contributed by atoms with Gasteiger partial charge >= 0.3 is 0 Å². The maximum Gasteiger partial charge on any atom is 0.109 e. The van der Waals surface area contributed by atoms with Gasteiger partial charge in [-0.1, -0.05) is 0 Å². The Kier molecular flexibility index (Phi) is 4.64. The lowest BCUT2D eigenvalue weighted by molar-refractivity contribution is 0.0732. The number of nitrogens with zero attached hydrogens (tertiary/aromatic N) is 1. The average molecular weight is 221 g/mol. The first-order chi connectivity index (χ1) is 6.25. The molecule has 3 unspecified atom stereocenters. The summed E-state index contributed by atoms with van der Waals surface area (Å²) < 4.78 is 5.64. The highest BCUT2D eigenvalue weighted by Gasteiger charge is 2.28. The van der Waals surface area contributed by atoms with Crippen LogP contribution in [0.25, 0.3) is 0 Å². The van der Waals surface area contributed by atoms with Gasteiger partial charge in [-0.3, -0.25) is 5.32 Å². The summed E-state index contributed by atoms with van der Waals surface area (Å²) in [7, 11) is 2.22. The summed E-state index contributed by atoms with van der Waals surface area (Å²) in [5, 5.41) is 3.45. The molecule has 0 saturated carbocycles. The van der Waals surface area contributed by atoms with E-state index in [9.17, 15) is 0 Å². The van der Waals surface area contributed by atoms with Gasteiger partial charge in [0.2, 0.25) is 0 Å². The van der Waals surface area contributed by atoms with Crippen molar-refractivity contribution in [2.75, 3.05) is 20.2 Å². The van der Waals surface area contributed by atoms with Gasteiger partial charge in [-0.25, -0.2) is 0 Å². The molecule has 2 fully saturated rings. The molecule has 14 heavy (non-hydrogen) atoms.